The first kappa shape index (κ1) is 25.8. The molecule has 0 aliphatic heterocycles. The number of hydrogen-bond donors (Lipinski definition) is 1. The normalized spacial score (nSPS) is 24.8. The van der Waals surface area contributed by atoms with Crippen molar-refractivity contribution in [2.24, 2.45) is 11.8 Å². The number of halogens is 3. The van der Waals surface area contributed by atoms with E-state index in [1.54, 1.807) is 18.7 Å². The highest BCUT2D eigenvalue weighted by molar-refractivity contribution is 5.40. The van der Waals surface area contributed by atoms with Gasteiger partial charge in [0.2, 0.25) is 0 Å². The van der Waals surface area contributed by atoms with Gasteiger partial charge in [0.1, 0.15) is 0 Å². The van der Waals surface area contributed by atoms with Crippen molar-refractivity contribution in [3.05, 3.63) is 35.7 Å². The first-order valence-electron chi connectivity index (χ1n) is 10.5. The Morgan fingerprint density at radius 1 is 1.31 bits per heavy atom. The minimum absolute atomic E-state index is 0.0133. The fourth-order valence-corrected chi connectivity index (χ4v) is 3.56. The third-order valence-electron chi connectivity index (χ3n) is 5.73. The van der Waals surface area contributed by atoms with E-state index < -0.39 is 17.4 Å². The summed E-state index contributed by atoms with van der Waals surface area (Å²) in [6, 6.07) is -0.205. The van der Waals surface area contributed by atoms with E-state index in [0.717, 1.165) is 18.9 Å². The molecule has 6 heteroatoms. The molecule has 0 aromatic heterocycles. The van der Waals surface area contributed by atoms with Gasteiger partial charge in [-0.1, -0.05) is 34.3 Å². The van der Waals surface area contributed by atoms with Gasteiger partial charge in [0.15, 0.2) is 0 Å². The Morgan fingerprint density at radius 3 is 2.31 bits per heavy atom. The summed E-state index contributed by atoms with van der Waals surface area (Å²) < 4.78 is 47.8. The fraction of sp³-hybridized carbons (Fsp3) is 0.739. The third-order valence-corrected chi connectivity index (χ3v) is 5.73. The predicted octanol–water partition coefficient (Wildman–Crippen LogP) is 6.22. The van der Waals surface area contributed by atoms with Crippen molar-refractivity contribution in [3.8, 4) is 0 Å². The molecule has 1 atom stereocenters. The molecule has 1 aliphatic rings. The molecule has 168 valence electrons. The molecule has 0 heterocycles. The van der Waals surface area contributed by atoms with Crippen molar-refractivity contribution in [2.45, 2.75) is 85.0 Å². The summed E-state index contributed by atoms with van der Waals surface area (Å²) in [7, 11) is 0. The van der Waals surface area contributed by atoms with Crippen LogP contribution in [-0.2, 0) is 4.74 Å². The zero-order valence-electron chi connectivity index (χ0n) is 18.8. The minimum Gasteiger partial charge on any atom is -0.390 e. The Labute approximate surface area is 174 Å². The molecule has 0 radical (unpaired) electrons. The van der Waals surface area contributed by atoms with Gasteiger partial charge in [0.05, 0.1) is 23.5 Å². The van der Waals surface area contributed by atoms with Gasteiger partial charge in [0, 0.05) is 12.6 Å². The summed E-state index contributed by atoms with van der Waals surface area (Å²) in [6.45, 7) is 15.6. The van der Waals surface area contributed by atoms with Crippen LogP contribution in [-0.4, -0.2) is 41.0 Å². The maximum absolute atomic E-state index is 14.1. The number of allylic oxidation sites excluding steroid dienone is 2. The van der Waals surface area contributed by atoms with E-state index in [2.05, 4.69) is 6.58 Å². The lowest BCUT2D eigenvalue weighted by molar-refractivity contribution is -0.0955. The van der Waals surface area contributed by atoms with E-state index in [-0.39, 0.29) is 24.3 Å². The average Bonchev–Trinajstić information content (AvgIpc) is 2.58. The van der Waals surface area contributed by atoms with Gasteiger partial charge in [-0.25, -0.2) is 0 Å². The molecule has 3 nitrogen and oxygen atoms in total. The van der Waals surface area contributed by atoms with Crippen LogP contribution >= 0.6 is 0 Å². The van der Waals surface area contributed by atoms with E-state index in [9.17, 15) is 18.3 Å². The summed E-state index contributed by atoms with van der Waals surface area (Å²) in [5, 5.41) is 10.1. The van der Waals surface area contributed by atoms with Crippen LogP contribution in [0.5, 0.6) is 0 Å². The Balaban J connectivity index is 3.29. The fourth-order valence-electron chi connectivity index (χ4n) is 3.56. The molecule has 29 heavy (non-hydrogen) atoms. The second-order valence-electron chi connectivity index (χ2n) is 8.86. The van der Waals surface area contributed by atoms with Gasteiger partial charge in [-0.15, -0.1) is 0 Å². The van der Waals surface area contributed by atoms with Crippen molar-refractivity contribution in [1.82, 2.24) is 4.90 Å². The molecule has 1 N–H and O–H groups in total. The maximum Gasteiger partial charge on any atom is 0.418 e. The lowest BCUT2D eigenvalue weighted by atomic mass is 9.75. The SMILES string of the molecule is C=CN(C(=C(/C)C(C)CC)/C(=C\COCCC(C)C)C(F)(F)F)C1CC(C)(O)C1. The number of nitrogens with zero attached hydrogens (tertiary/aromatic N) is 1. The van der Waals surface area contributed by atoms with Crippen molar-refractivity contribution < 1.29 is 23.0 Å². The quantitative estimate of drug-likeness (QED) is 0.320. The zero-order valence-corrected chi connectivity index (χ0v) is 18.8. The molecule has 0 aromatic rings. The van der Waals surface area contributed by atoms with Crippen molar-refractivity contribution in [2.75, 3.05) is 13.2 Å². The molecule has 0 amide bonds. The molecule has 1 saturated carbocycles. The second-order valence-corrected chi connectivity index (χ2v) is 8.86. The first-order chi connectivity index (χ1) is 13.3. The van der Waals surface area contributed by atoms with Gasteiger partial charge in [-0.2, -0.15) is 13.2 Å². The maximum atomic E-state index is 14.1. The van der Waals surface area contributed by atoms with Gasteiger partial charge in [-0.3, -0.25) is 0 Å². The molecule has 1 rings (SSSR count). The molecule has 0 aromatic carbocycles. The lowest BCUT2D eigenvalue weighted by Gasteiger charge is -2.48. The van der Waals surface area contributed by atoms with Crippen LogP contribution < -0.4 is 0 Å². The molecule has 0 saturated heterocycles. The molecule has 1 aliphatic carbocycles. The number of aliphatic hydroxyl groups is 1. The van der Waals surface area contributed by atoms with E-state index in [0.29, 0.717) is 30.9 Å². The van der Waals surface area contributed by atoms with Gasteiger partial charge >= 0.3 is 6.18 Å². The van der Waals surface area contributed by atoms with Crippen LogP contribution in [0.25, 0.3) is 0 Å². The Bertz CT molecular complexity index is 598. The monoisotopic (exact) mass is 417 g/mol. The number of hydrogen-bond acceptors (Lipinski definition) is 3. The highest BCUT2D eigenvalue weighted by atomic mass is 19.4. The van der Waals surface area contributed by atoms with Gasteiger partial charge < -0.3 is 14.7 Å². The van der Waals surface area contributed by atoms with Crippen LogP contribution in [0.4, 0.5) is 13.2 Å². The molecular weight excluding hydrogens is 379 g/mol. The largest absolute Gasteiger partial charge is 0.418 e. The Hall–Kier alpha value is -1.27. The van der Waals surface area contributed by atoms with E-state index in [1.807, 2.05) is 27.7 Å². The third kappa shape index (κ3) is 7.49. The van der Waals surface area contributed by atoms with Gasteiger partial charge in [0.25, 0.3) is 0 Å². The summed E-state index contributed by atoms with van der Waals surface area (Å²) in [6.07, 6.45) is 0.450. The highest BCUT2D eigenvalue weighted by Crippen LogP contribution is 2.43. The highest BCUT2D eigenvalue weighted by Gasteiger charge is 2.45. The molecule has 0 bridgehead atoms. The minimum atomic E-state index is -4.51. The van der Waals surface area contributed by atoms with Crippen LogP contribution in [0.1, 0.15) is 67.2 Å². The van der Waals surface area contributed by atoms with Crippen molar-refractivity contribution >= 4 is 0 Å². The van der Waals surface area contributed by atoms with Crippen molar-refractivity contribution in [3.63, 3.8) is 0 Å². The molecule has 1 fully saturated rings. The predicted molar refractivity (Wildman–Crippen MR) is 112 cm³/mol. The van der Waals surface area contributed by atoms with E-state index in [4.69, 9.17) is 4.74 Å². The number of alkyl halides is 3. The lowest BCUT2D eigenvalue weighted by Crippen LogP contribution is -2.52. The van der Waals surface area contributed by atoms with Crippen LogP contribution in [0.3, 0.4) is 0 Å². The number of ether oxygens (including phenoxy) is 1. The second kappa shape index (κ2) is 10.7. The van der Waals surface area contributed by atoms with Crippen LogP contribution in [0.2, 0.25) is 0 Å². The molecule has 0 spiro atoms. The van der Waals surface area contributed by atoms with Crippen LogP contribution in [0, 0.1) is 11.8 Å². The number of rotatable bonds is 11. The smallest absolute Gasteiger partial charge is 0.390 e. The molecular formula is C23H38F3NO2. The average molecular weight is 418 g/mol. The Kier molecular flexibility index (Phi) is 9.48. The zero-order chi connectivity index (χ0) is 22.4. The summed E-state index contributed by atoms with van der Waals surface area (Å²) in [4.78, 5) is 1.60. The topological polar surface area (TPSA) is 32.7 Å². The van der Waals surface area contributed by atoms with E-state index in [1.165, 1.54) is 6.20 Å². The summed E-state index contributed by atoms with van der Waals surface area (Å²) in [5.74, 6) is 0.424. The summed E-state index contributed by atoms with van der Waals surface area (Å²) in [5.41, 5.74) is -0.714. The Morgan fingerprint density at radius 2 is 1.90 bits per heavy atom. The van der Waals surface area contributed by atoms with E-state index >= 15 is 0 Å². The summed E-state index contributed by atoms with van der Waals surface area (Å²) >= 11 is 0. The standard InChI is InChI=1S/C23H38F3NO2/c1-8-17(5)18(6)21(27(9-2)19-14-22(7,28)15-19)20(23(24,25)26)11-13-29-12-10-16(3)4/h9,11,16-17,19,28H,2,8,10,12-15H2,1,3-7H3/b20-11+,21-18-. The van der Waals surface area contributed by atoms with Gasteiger partial charge in [-0.05, 0) is 69.2 Å². The van der Waals surface area contributed by atoms with Crippen molar-refractivity contribution in [1.29, 1.82) is 0 Å². The molecule has 1 unspecified atom stereocenters. The van der Waals surface area contributed by atoms with Crippen LogP contribution in [0.15, 0.2) is 35.7 Å². The first-order valence-corrected chi connectivity index (χ1v) is 10.5.